The van der Waals surface area contributed by atoms with E-state index >= 15 is 0 Å². The molecule has 0 saturated heterocycles. The van der Waals surface area contributed by atoms with E-state index in [4.69, 9.17) is 4.74 Å². The Morgan fingerprint density at radius 2 is 1.75 bits per heavy atom. The van der Waals surface area contributed by atoms with Crippen LogP contribution in [-0.2, 0) is 0 Å². The van der Waals surface area contributed by atoms with E-state index in [-0.39, 0.29) is 11.7 Å². The molecule has 3 nitrogen and oxygen atoms in total. The number of hydrogen-bond donors (Lipinski definition) is 1. The van der Waals surface area contributed by atoms with Crippen molar-refractivity contribution in [2.75, 3.05) is 12.4 Å². The zero-order chi connectivity index (χ0) is 14.9. The minimum absolute atomic E-state index is 0.0524. The molecular formula is C15H16F2N2O. The summed E-state index contributed by atoms with van der Waals surface area (Å²) in [6, 6.07) is 4.56. The number of pyridine rings is 1. The van der Waals surface area contributed by atoms with Crippen molar-refractivity contribution < 1.29 is 13.5 Å². The van der Waals surface area contributed by atoms with Gasteiger partial charge in [-0.15, -0.1) is 0 Å². The van der Waals surface area contributed by atoms with Gasteiger partial charge in [-0.05, 0) is 43.5 Å². The van der Waals surface area contributed by atoms with E-state index in [2.05, 4.69) is 10.3 Å². The summed E-state index contributed by atoms with van der Waals surface area (Å²) >= 11 is 0. The topological polar surface area (TPSA) is 34.2 Å². The van der Waals surface area contributed by atoms with E-state index in [1.165, 1.54) is 7.05 Å². The Kier molecular flexibility index (Phi) is 3.88. The van der Waals surface area contributed by atoms with Crippen LogP contribution in [0.5, 0.6) is 11.6 Å². The monoisotopic (exact) mass is 278 g/mol. The number of halogens is 2. The molecule has 1 heterocycles. The maximum Gasteiger partial charge on any atom is 0.258 e. The van der Waals surface area contributed by atoms with Crippen LogP contribution in [0.3, 0.4) is 0 Å². The van der Waals surface area contributed by atoms with E-state index in [9.17, 15) is 8.78 Å². The Morgan fingerprint density at radius 1 is 1.05 bits per heavy atom. The highest BCUT2D eigenvalue weighted by atomic mass is 19.1. The summed E-state index contributed by atoms with van der Waals surface area (Å²) in [5, 5.41) is 2.55. The standard InChI is InChI=1S/C15H16F2N2O/c1-8-5-9(2)10(3)13(6-8)20-15-12(17)7-11(16)14(18-4)19-15/h5-7H,1-4H3,(H,18,19). The highest BCUT2D eigenvalue weighted by molar-refractivity contribution is 5.45. The molecule has 2 aromatic rings. The quantitative estimate of drug-likeness (QED) is 0.917. The number of aromatic nitrogens is 1. The van der Waals surface area contributed by atoms with Crippen molar-refractivity contribution in [2.24, 2.45) is 0 Å². The Morgan fingerprint density at radius 3 is 2.40 bits per heavy atom. The molecule has 1 N–H and O–H groups in total. The predicted octanol–water partition coefficient (Wildman–Crippen LogP) is 4.12. The smallest absolute Gasteiger partial charge is 0.258 e. The predicted molar refractivity (Wildman–Crippen MR) is 74.4 cm³/mol. The second-order valence-corrected chi connectivity index (χ2v) is 4.66. The Labute approximate surface area is 116 Å². The van der Waals surface area contributed by atoms with E-state index in [1.807, 2.05) is 26.8 Å². The van der Waals surface area contributed by atoms with Crippen LogP contribution in [0.25, 0.3) is 0 Å². The van der Waals surface area contributed by atoms with Gasteiger partial charge >= 0.3 is 0 Å². The van der Waals surface area contributed by atoms with E-state index in [1.54, 1.807) is 6.07 Å². The minimum atomic E-state index is -0.833. The average Bonchev–Trinajstić information content (AvgIpc) is 2.38. The lowest BCUT2D eigenvalue weighted by atomic mass is 10.1. The van der Waals surface area contributed by atoms with Crippen LogP contribution in [0.15, 0.2) is 18.2 Å². The molecule has 0 radical (unpaired) electrons. The van der Waals surface area contributed by atoms with Gasteiger partial charge in [-0.3, -0.25) is 0 Å². The van der Waals surface area contributed by atoms with Gasteiger partial charge in [0.15, 0.2) is 17.5 Å². The Hall–Kier alpha value is -2.17. The fraction of sp³-hybridized carbons (Fsp3) is 0.267. The maximum absolute atomic E-state index is 13.7. The molecule has 20 heavy (non-hydrogen) atoms. The highest BCUT2D eigenvalue weighted by Gasteiger charge is 2.14. The van der Waals surface area contributed by atoms with Crippen molar-refractivity contribution >= 4 is 5.82 Å². The molecule has 0 amide bonds. The first-order valence-electron chi connectivity index (χ1n) is 6.22. The van der Waals surface area contributed by atoms with Gasteiger partial charge in [0.2, 0.25) is 0 Å². The lowest BCUT2D eigenvalue weighted by Gasteiger charge is -2.13. The van der Waals surface area contributed by atoms with Crippen molar-refractivity contribution in [2.45, 2.75) is 20.8 Å². The summed E-state index contributed by atoms with van der Waals surface area (Å²) in [5.41, 5.74) is 2.93. The normalized spacial score (nSPS) is 10.5. The van der Waals surface area contributed by atoms with Crippen LogP contribution in [-0.4, -0.2) is 12.0 Å². The molecule has 0 aliphatic carbocycles. The van der Waals surface area contributed by atoms with Crippen molar-refractivity contribution in [3.63, 3.8) is 0 Å². The molecular weight excluding hydrogens is 262 g/mol. The minimum Gasteiger partial charge on any atom is -0.436 e. The third-order valence-corrected chi connectivity index (χ3v) is 3.10. The zero-order valence-corrected chi connectivity index (χ0v) is 11.8. The van der Waals surface area contributed by atoms with Gasteiger partial charge in [0.25, 0.3) is 5.88 Å². The number of benzene rings is 1. The SMILES string of the molecule is CNc1nc(Oc2cc(C)cc(C)c2C)c(F)cc1F. The van der Waals surface area contributed by atoms with E-state index < -0.39 is 11.6 Å². The van der Waals surface area contributed by atoms with Crippen LogP contribution < -0.4 is 10.1 Å². The van der Waals surface area contributed by atoms with Gasteiger partial charge in [0.1, 0.15) is 5.75 Å². The van der Waals surface area contributed by atoms with Gasteiger partial charge in [-0.2, -0.15) is 4.98 Å². The van der Waals surface area contributed by atoms with Crippen molar-refractivity contribution in [3.8, 4) is 11.6 Å². The first-order valence-corrected chi connectivity index (χ1v) is 6.22. The van der Waals surface area contributed by atoms with E-state index in [0.717, 1.165) is 22.8 Å². The summed E-state index contributed by atoms with van der Waals surface area (Å²) in [5.74, 6) is -1.37. The average molecular weight is 278 g/mol. The Bertz CT molecular complexity index is 657. The van der Waals surface area contributed by atoms with Crippen LogP contribution in [0.1, 0.15) is 16.7 Å². The molecule has 0 aliphatic heterocycles. The molecule has 2 rings (SSSR count). The van der Waals surface area contributed by atoms with Gasteiger partial charge in [-0.1, -0.05) is 6.07 Å². The molecule has 1 aromatic heterocycles. The number of aryl methyl sites for hydroxylation is 2. The van der Waals surface area contributed by atoms with Crippen molar-refractivity contribution in [1.82, 2.24) is 4.98 Å². The fourth-order valence-electron chi connectivity index (χ4n) is 1.91. The lowest BCUT2D eigenvalue weighted by molar-refractivity contribution is 0.415. The zero-order valence-electron chi connectivity index (χ0n) is 11.8. The number of nitrogens with zero attached hydrogens (tertiary/aromatic N) is 1. The Balaban J connectivity index is 2.45. The summed E-state index contributed by atoms with van der Waals surface area (Å²) in [6.07, 6.45) is 0. The molecule has 0 aliphatic rings. The third kappa shape index (κ3) is 2.71. The second-order valence-electron chi connectivity index (χ2n) is 4.66. The molecule has 1 aromatic carbocycles. The molecule has 0 bridgehead atoms. The lowest BCUT2D eigenvalue weighted by Crippen LogP contribution is -2.02. The van der Waals surface area contributed by atoms with Crippen LogP contribution >= 0.6 is 0 Å². The molecule has 0 unspecified atom stereocenters. The molecule has 0 saturated carbocycles. The second kappa shape index (κ2) is 5.45. The molecule has 106 valence electrons. The van der Waals surface area contributed by atoms with Gasteiger partial charge < -0.3 is 10.1 Å². The third-order valence-electron chi connectivity index (χ3n) is 3.10. The maximum atomic E-state index is 13.7. The number of hydrogen-bond acceptors (Lipinski definition) is 3. The molecule has 0 fully saturated rings. The summed E-state index contributed by atoms with van der Waals surface area (Å²) < 4.78 is 32.6. The largest absolute Gasteiger partial charge is 0.436 e. The summed E-state index contributed by atoms with van der Waals surface area (Å²) in [6.45, 7) is 5.75. The molecule has 0 spiro atoms. The summed E-state index contributed by atoms with van der Waals surface area (Å²) in [7, 11) is 1.51. The number of anilines is 1. The first kappa shape index (κ1) is 14.2. The van der Waals surface area contributed by atoms with Crippen LogP contribution in [0.2, 0.25) is 0 Å². The number of ether oxygens (including phenoxy) is 1. The van der Waals surface area contributed by atoms with Gasteiger partial charge in [0, 0.05) is 13.1 Å². The van der Waals surface area contributed by atoms with Crippen LogP contribution in [0, 0.1) is 32.4 Å². The van der Waals surface area contributed by atoms with Gasteiger partial charge in [-0.25, -0.2) is 8.78 Å². The van der Waals surface area contributed by atoms with Crippen LogP contribution in [0.4, 0.5) is 14.6 Å². The van der Waals surface area contributed by atoms with Crippen molar-refractivity contribution in [1.29, 1.82) is 0 Å². The van der Waals surface area contributed by atoms with Gasteiger partial charge in [0.05, 0.1) is 0 Å². The van der Waals surface area contributed by atoms with E-state index in [0.29, 0.717) is 5.75 Å². The fourth-order valence-corrected chi connectivity index (χ4v) is 1.91. The number of rotatable bonds is 3. The molecule has 5 heteroatoms. The number of nitrogens with one attached hydrogen (secondary N) is 1. The summed E-state index contributed by atoms with van der Waals surface area (Å²) in [4.78, 5) is 3.80. The first-order chi connectivity index (χ1) is 9.42. The molecule has 0 atom stereocenters. The highest BCUT2D eigenvalue weighted by Crippen LogP contribution is 2.30. The van der Waals surface area contributed by atoms with Crippen molar-refractivity contribution in [3.05, 3.63) is 46.5 Å².